The van der Waals surface area contributed by atoms with Gasteiger partial charge in [0.25, 0.3) is 11.8 Å². The van der Waals surface area contributed by atoms with Crippen LogP contribution in [0.3, 0.4) is 0 Å². The van der Waals surface area contributed by atoms with Crippen molar-refractivity contribution in [1.82, 2.24) is 15.6 Å². The van der Waals surface area contributed by atoms with Crippen LogP contribution in [0.4, 0.5) is 11.5 Å². The molecule has 3 heterocycles. The number of hydrogen-bond donors (Lipinski definition) is 6. The minimum Gasteiger partial charge on any atom is -0.397 e. The fourth-order valence-electron chi connectivity index (χ4n) is 4.94. The third-order valence-electron chi connectivity index (χ3n) is 7.11. The first-order valence-electron chi connectivity index (χ1n) is 13.5. The Morgan fingerprint density at radius 1 is 1.17 bits per heavy atom. The monoisotopic (exact) mass is 602 g/mol. The first-order valence-corrected chi connectivity index (χ1v) is 14.3. The zero-order chi connectivity index (χ0) is 27.9. The van der Waals surface area contributed by atoms with E-state index in [0.717, 1.165) is 65.9 Å². The summed E-state index contributed by atoms with van der Waals surface area (Å²) in [7, 11) is 0. The minimum absolute atomic E-state index is 0. The summed E-state index contributed by atoms with van der Waals surface area (Å²) < 4.78 is 0. The Bertz CT molecular complexity index is 1290. The third-order valence-corrected chi connectivity index (χ3v) is 8.22. The van der Waals surface area contributed by atoms with Gasteiger partial charge in [0.2, 0.25) is 0 Å². The third kappa shape index (κ3) is 8.64. The van der Waals surface area contributed by atoms with Crippen molar-refractivity contribution in [1.29, 1.82) is 0 Å². The predicted molar refractivity (Wildman–Crippen MR) is 175 cm³/mol. The molecule has 0 spiro atoms. The molecule has 0 aliphatic carbocycles. The van der Waals surface area contributed by atoms with Gasteiger partial charge in [-0.25, -0.2) is 4.98 Å². The number of primary amides is 1. The number of benzene rings is 1. The second-order valence-electron chi connectivity index (χ2n) is 9.92. The highest BCUT2D eigenvalue weighted by Gasteiger charge is 2.24. The maximum atomic E-state index is 12.1. The number of nitrogens with two attached hydrogens (primary N) is 2. The number of amides is 2. The molecule has 1 aliphatic heterocycles. The van der Waals surface area contributed by atoms with Crippen LogP contribution in [0.25, 0.3) is 10.2 Å². The first kappa shape index (κ1) is 36.8. The Kier molecular flexibility index (Phi) is 14.9. The topological polar surface area (TPSA) is 167 Å². The lowest BCUT2D eigenvalue weighted by Crippen LogP contribution is -2.44. The van der Waals surface area contributed by atoms with E-state index in [9.17, 15) is 14.7 Å². The lowest BCUT2D eigenvalue weighted by atomic mass is 10.0. The fraction of sp³-hybridized carbons (Fsp3) is 0.516. The lowest BCUT2D eigenvalue weighted by molar-refractivity contribution is 0.0949. The Morgan fingerprint density at radius 3 is 2.43 bits per heavy atom. The van der Waals surface area contributed by atoms with Crippen molar-refractivity contribution in [2.24, 2.45) is 5.73 Å². The number of aromatic nitrogens is 1. The summed E-state index contributed by atoms with van der Waals surface area (Å²) in [5, 5.41) is 26.6. The molecule has 4 rings (SSSR count). The van der Waals surface area contributed by atoms with Gasteiger partial charge < -0.3 is 37.2 Å². The SMILES string of the molecule is C.C.C.CCCc1cc(N2CCC(NCC(O)c3ccc(C(=O)NCCCO)cc3)CC2)nc2sc(C(N)=O)c(N)c12. The van der Waals surface area contributed by atoms with Gasteiger partial charge in [-0.05, 0) is 55.0 Å². The van der Waals surface area contributed by atoms with Crippen LogP contribution >= 0.6 is 11.3 Å². The highest BCUT2D eigenvalue weighted by atomic mass is 32.1. The van der Waals surface area contributed by atoms with Crippen LogP contribution < -0.4 is 27.0 Å². The standard InChI is InChI=1S/C28H38N6O4S.3CH4/c1-2-4-19-15-22(33-28-23(19)24(29)25(39-28)26(30)37)34-12-9-20(10-13-34)32-16-21(36)17-5-7-18(8-6-17)27(38)31-11-3-14-35;;;/h5-8,15,20-21,32,35-36H,2-4,9-14,16,29H2,1H3,(H2,30,37)(H,31,38);3*1H4. The average molecular weight is 603 g/mol. The number of aryl methyl sites for hydroxylation is 1. The fourth-order valence-corrected chi connectivity index (χ4v) is 5.93. The number of hydrogen-bond acceptors (Lipinski definition) is 9. The zero-order valence-corrected chi connectivity index (χ0v) is 23.1. The van der Waals surface area contributed by atoms with Crippen LogP contribution in [0.15, 0.2) is 30.3 Å². The maximum Gasteiger partial charge on any atom is 0.260 e. The van der Waals surface area contributed by atoms with Gasteiger partial charge in [-0.2, -0.15) is 0 Å². The average Bonchev–Trinajstić information content (AvgIpc) is 3.29. The van der Waals surface area contributed by atoms with Crippen LogP contribution in [0, 0.1) is 0 Å². The number of nitrogens with one attached hydrogen (secondary N) is 2. The van der Waals surface area contributed by atoms with Gasteiger partial charge in [-0.1, -0.05) is 47.8 Å². The largest absolute Gasteiger partial charge is 0.397 e. The quantitative estimate of drug-likeness (QED) is 0.167. The molecule has 1 fully saturated rings. The van der Waals surface area contributed by atoms with Crippen LogP contribution in [-0.2, 0) is 6.42 Å². The van der Waals surface area contributed by atoms with Gasteiger partial charge in [-0.3, -0.25) is 9.59 Å². The molecule has 2 amide bonds. The number of thiophene rings is 1. The second-order valence-corrected chi connectivity index (χ2v) is 10.9. The van der Waals surface area contributed by atoms with Crippen molar-refractivity contribution in [3.63, 3.8) is 0 Å². The number of aliphatic hydroxyl groups is 2. The van der Waals surface area contributed by atoms with Crippen LogP contribution in [0.2, 0.25) is 0 Å². The number of rotatable bonds is 12. The van der Waals surface area contributed by atoms with Gasteiger partial charge in [0.05, 0.1) is 11.8 Å². The number of aliphatic hydroxyl groups excluding tert-OH is 2. The molecule has 1 unspecified atom stereocenters. The second kappa shape index (κ2) is 17.0. The lowest BCUT2D eigenvalue weighted by Gasteiger charge is -2.34. The molecule has 3 aromatic rings. The normalized spacial score (nSPS) is 13.9. The molecule has 42 heavy (non-hydrogen) atoms. The summed E-state index contributed by atoms with van der Waals surface area (Å²) in [5.41, 5.74) is 14.6. The van der Waals surface area contributed by atoms with E-state index in [0.29, 0.717) is 35.6 Å². The van der Waals surface area contributed by atoms with E-state index in [2.05, 4.69) is 28.5 Å². The molecule has 0 radical (unpaired) electrons. The number of anilines is 2. The molecule has 1 atom stereocenters. The molecule has 11 heteroatoms. The van der Waals surface area contributed by atoms with Crippen molar-refractivity contribution in [3.8, 4) is 0 Å². The molecular weight excluding hydrogens is 552 g/mol. The van der Waals surface area contributed by atoms with E-state index < -0.39 is 12.0 Å². The van der Waals surface area contributed by atoms with Gasteiger partial charge >= 0.3 is 0 Å². The molecule has 1 saturated heterocycles. The van der Waals surface area contributed by atoms with Crippen LogP contribution in [0.1, 0.15) is 92.1 Å². The first-order chi connectivity index (χ1) is 18.8. The van der Waals surface area contributed by atoms with Crippen molar-refractivity contribution in [2.45, 2.75) is 73.5 Å². The molecule has 2 aromatic heterocycles. The molecular formula is C31H50N6O4S. The molecule has 10 nitrogen and oxygen atoms in total. The highest BCUT2D eigenvalue weighted by Crippen LogP contribution is 2.37. The predicted octanol–water partition coefficient (Wildman–Crippen LogP) is 4.24. The van der Waals surface area contributed by atoms with E-state index >= 15 is 0 Å². The number of fused-ring (bicyclic) bond motifs is 1. The smallest absolute Gasteiger partial charge is 0.260 e. The van der Waals surface area contributed by atoms with Crippen molar-refractivity contribution < 1.29 is 19.8 Å². The Labute approximate surface area is 254 Å². The summed E-state index contributed by atoms with van der Waals surface area (Å²) >= 11 is 1.26. The van der Waals surface area contributed by atoms with E-state index in [4.69, 9.17) is 21.6 Å². The van der Waals surface area contributed by atoms with E-state index in [1.807, 2.05) is 0 Å². The molecule has 0 bridgehead atoms. The number of nitrogens with zero attached hydrogens (tertiary/aromatic N) is 2. The minimum atomic E-state index is -0.682. The van der Waals surface area contributed by atoms with E-state index in [-0.39, 0.29) is 40.8 Å². The maximum absolute atomic E-state index is 12.1. The van der Waals surface area contributed by atoms with Gasteiger partial charge in [0.1, 0.15) is 15.5 Å². The Balaban J connectivity index is 0.00000294. The Hall–Kier alpha value is -3.25. The summed E-state index contributed by atoms with van der Waals surface area (Å²) in [4.78, 5) is 32.2. The van der Waals surface area contributed by atoms with E-state index in [1.165, 1.54) is 11.3 Å². The summed E-state index contributed by atoms with van der Waals surface area (Å²) in [6.45, 7) is 4.63. The van der Waals surface area contributed by atoms with Crippen molar-refractivity contribution in [2.75, 3.05) is 43.4 Å². The molecule has 8 N–H and O–H groups in total. The zero-order valence-electron chi connectivity index (χ0n) is 22.3. The number of carbonyl (C=O) groups is 2. The number of piperidine rings is 1. The number of pyridine rings is 1. The molecule has 0 saturated carbocycles. The van der Waals surface area contributed by atoms with Gasteiger partial charge in [0, 0.05) is 49.8 Å². The van der Waals surface area contributed by atoms with Crippen molar-refractivity contribution in [3.05, 3.63) is 51.9 Å². The number of nitrogen functional groups attached to an aromatic ring is 1. The van der Waals surface area contributed by atoms with Gasteiger partial charge in [-0.15, -0.1) is 11.3 Å². The Morgan fingerprint density at radius 2 is 1.83 bits per heavy atom. The van der Waals surface area contributed by atoms with Crippen molar-refractivity contribution >= 4 is 44.9 Å². The summed E-state index contributed by atoms with van der Waals surface area (Å²) in [6, 6.07) is 9.31. The van der Waals surface area contributed by atoms with Gasteiger partial charge in [0.15, 0.2) is 0 Å². The molecule has 1 aromatic carbocycles. The summed E-state index contributed by atoms with van der Waals surface area (Å²) in [6.07, 6.45) is 3.44. The molecule has 234 valence electrons. The van der Waals surface area contributed by atoms with Crippen LogP contribution in [-0.4, -0.2) is 65.8 Å². The number of carbonyl (C=O) groups excluding carboxylic acids is 2. The van der Waals surface area contributed by atoms with E-state index in [1.54, 1.807) is 24.3 Å². The van der Waals surface area contributed by atoms with Crippen LogP contribution in [0.5, 0.6) is 0 Å². The highest BCUT2D eigenvalue weighted by molar-refractivity contribution is 7.21. The summed E-state index contributed by atoms with van der Waals surface area (Å²) in [5.74, 6) is 0.173. The molecule has 1 aliphatic rings.